The maximum absolute atomic E-state index is 12.1. The van der Waals surface area contributed by atoms with Crippen LogP contribution in [0.1, 0.15) is 59.2 Å². The molecular weight excluding hydrogens is 284 g/mol. The van der Waals surface area contributed by atoms with Crippen molar-refractivity contribution >= 4 is 11.0 Å². The highest BCUT2D eigenvalue weighted by Crippen LogP contribution is 2.45. The number of aromatic nitrogens is 1. The van der Waals surface area contributed by atoms with Crippen molar-refractivity contribution < 1.29 is 8.95 Å². The molecule has 1 saturated carbocycles. The molecule has 4 nitrogen and oxygen atoms in total. The summed E-state index contributed by atoms with van der Waals surface area (Å²) in [6, 6.07) is 3.81. The van der Waals surface area contributed by atoms with Gasteiger partial charge in [0.25, 0.3) is 0 Å². The molecule has 1 fully saturated rings. The predicted octanol–water partition coefficient (Wildman–Crippen LogP) is 3.37. The normalized spacial score (nSPS) is 19.9. The van der Waals surface area contributed by atoms with Gasteiger partial charge >= 0.3 is 0 Å². The average Bonchev–Trinajstić information content (AvgIpc) is 3.14. The number of nitrogens with one attached hydrogen (secondary N) is 1. The number of hydrogen-bond acceptors (Lipinski definition) is 3. The minimum absolute atomic E-state index is 0.0555. The van der Waals surface area contributed by atoms with E-state index < -0.39 is 11.0 Å². The number of pyridine rings is 1. The number of rotatable bonds is 6. The van der Waals surface area contributed by atoms with E-state index in [9.17, 15) is 4.21 Å². The fourth-order valence-electron chi connectivity index (χ4n) is 1.75. The standard InChI is InChI=1S/C16H26N2O2S/c1-12(18-21(19)15(2,3)4)14-7-6-13(10-17-14)20-11-16(5)8-9-16/h6-7,10,12,18H,8-9,11H2,1-5H3/t12-,21-/m1/s1. The number of nitrogens with zero attached hydrogens (tertiary/aromatic N) is 1. The molecule has 0 spiro atoms. The first-order chi connectivity index (χ1) is 9.70. The van der Waals surface area contributed by atoms with Crippen LogP contribution in [-0.4, -0.2) is 20.5 Å². The predicted molar refractivity (Wildman–Crippen MR) is 86.5 cm³/mol. The van der Waals surface area contributed by atoms with Gasteiger partial charge in [0, 0.05) is 5.41 Å². The van der Waals surface area contributed by atoms with Gasteiger partial charge in [-0.2, -0.15) is 0 Å². The molecule has 5 heteroatoms. The Labute approximate surface area is 130 Å². The second kappa shape index (κ2) is 6.05. The van der Waals surface area contributed by atoms with Crippen molar-refractivity contribution in [3.8, 4) is 5.75 Å². The van der Waals surface area contributed by atoms with Crippen molar-refractivity contribution in [2.45, 2.75) is 58.2 Å². The Hall–Kier alpha value is -0.940. The van der Waals surface area contributed by atoms with Gasteiger partial charge in [0.05, 0.1) is 40.3 Å². The minimum atomic E-state index is -1.10. The molecule has 0 aliphatic heterocycles. The van der Waals surface area contributed by atoms with Crippen molar-refractivity contribution in [3.05, 3.63) is 24.0 Å². The first-order valence-electron chi connectivity index (χ1n) is 7.46. The lowest BCUT2D eigenvalue weighted by Gasteiger charge is -2.21. The van der Waals surface area contributed by atoms with Crippen molar-refractivity contribution in [3.63, 3.8) is 0 Å². The van der Waals surface area contributed by atoms with Crippen LogP contribution in [0, 0.1) is 5.41 Å². The molecule has 0 aromatic carbocycles. The van der Waals surface area contributed by atoms with Crippen molar-refractivity contribution in [1.29, 1.82) is 0 Å². The van der Waals surface area contributed by atoms with Gasteiger partial charge in [-0.1, -0.05) is 6.92 Å². The topological polar surface area (TPSA) is 51.2 Å². The van der Waals surface area contributed by atoms with Gasteiger partial charge in [-0.25, -0.2) is 8.93 Å². The van der Waals surface area contributed by atoms with E-state index in [-0.39, 0.29) is 10.8 Å². The molecule has 2 rings (SSSR count). The number of ether oxygens (including phenoxy) is 1. The Balaban J connectivity index is 1.90. The molecule has 1 N–H and O–H groups in total. The molecule has 1 aromatic heterocycles. The van der Waals surface area contributed by atoms with E-state index >= 15 is 0 Å². The Bertz CT molecular complexity index is 504. The molecular formula is C16H26N2O2S. The summed E-state index contributed by atoms with van der Waals surface area (Å²) >= 11 is 0. The van der Waals surface area contributed by atoms with Crippen LogP contribution in [0.2, 0.25) is 0 Å². The molecule has 1 aliphatic carbocycles. The zero-order valence-corrected chi connectivity index (χ0v) is 14.4. The molecule has 0 unspecified atom stereocenters. The minimum Gasteiger partial charge on any atom is -0.491 e. The summed E-state index contributed by atoms with van der Waals surface area (Å²) in [7, 11) is -1.10. The fraction of sp³-hybridized carbons (Fsp3) is 0.688. The third-order valence-corrected chi connectivity index (χ3v) is 5.41. The maximum Gasteiger partial charge on any atom is 0.137 e. The number of hydrogen-bond donors (Lipinski definition) is 1. The van der Waals surface area contributed by atoms with Crippen LogP contribution in [-0.2, 0) is 11.0 Å². The van der Waals surface area contributed by atoms with Crippen LogP contribution < -0.4 is 9.46 Å². The van der Waals surface area contributed by atoms with E-state index in [1.165, 1.54) is 12.8 Å². The monoisotopic (exact) mass is 310 g/mol. The second-order valence-corrected chi connectivity index (χ2v) is 9.24. The lowest BCUT2D eigenvalue weighted by atomic mass is 10.2. The Morgan fingerprint density at radius 2 is 2.10 bits per heavy atom. The summed E-state index contributed by atoms with van der Waals surface area (Å²) in [5, 5.41) is 0. The van der Waals surface area contributed by atoms with Crippen molar-refractivity contribution in [2.24, 2.45) is 5.41 Å². The molecule has 2 atom stereocenters. The molecule has 21 heavy (non-hydrogen) atoms. The summed E-state index contributed by atoms with van der Waals surface area (Å²) in [6.45, 7) is 10.8. The molecule has 0 bridgehead atoms. The van der Waals surface area contributed by atoms with Crippen LogP contribution in [0.5, 0.6) is 5.75 Å². The van der Waals surface area contributed by atoms with Gasteiger partial charge in [-0.3, -0.25) is 4.98 Å². The Morgan fingerprint density at radius 3 is 2.57 bits per heavy atom. The van der Waals surface area contributed by atoms with Crippen LogP contribution in [0.4, 0.5) is 0 Å². The molecule has 118 valence electrons. The molecule has 0 saturated heterocycles. The quantitative estimate of drug-likeness (QED) is 0.876. The van der Waals surface area contributed by atoms with Crippen molar-refractivity contribution in [1.82, 2.24) is 9.71 Å². The van der Waals surface area contributed by atoms with E-state index in [0.717, 1.165) is 18.1 Å². The first-order valence-corrected chi connectivity index (χ1v) is 8.61. The zero-order chi connectivity index (χ0) is 15.7. The van der Waals surface area contributed by atoms with Gasteiger partial charge in [0.2, 0.25) is 0 Å². The van der Waals surface area contributed by atoms with Gasteiger partial charge < -0.3 is 4.74 Å². The molecule has 0 radical (unpaired) electrons. The Morgan fingerprint density at radius 1 is 1.43 bits per heavy atom. The fourth-order valence-corrected chi connectivity index (χ4v) is 2.54. The van der Waals surface area contributed by atoms with Gasteiger partial charge in [-0.15, -0.1) is 0 Å². The highest BCUT2D eigenvalue weighted by molar-refractivity contribution is 7.84. The third-order valence-electron chi connectivity index (χ3n) is 3.73. The lowest BCUT2D eigenvalue weighted by Crippen LogP contribution is -2.35. The summed E-state index contributed by atoms with van der Waals surface area (Å²) in [5.74, 6) is 0.802. The summed E-state index contributed by atoms with van der Waals surface area (Å²) < 4.78 is 20.7. The summed E-state index contributed by atoms with van der Waals surface area (Å²) in [5.41, 5.74) is 1.24. The first kappa shape index (κ1) is 16.4. The molecule has 1 heterocycles. The van der Waals surface area contributed by atoms with E-state index in [2.05, 4.69) is 16.6 Å². The highest BCUT2D eigenvalue weighted by atomic mass is 32.2. The smallest absolute Gasteiger partial charge is 0.137 e. The summed E-state index contributed by atoms with van der Waals surface area (Å²) in [4.78, 5) is 4.41. The third kappa shape index (κ3) is 4.78. The second-order valence-electron chi connectivity index (χ2n) is 7.24. The highest BCUT2D eigenvalue weighted by Gasteiger charge is 2.38. The van der Waals surface area contributed by atoms with Crippen molar-refractivity contribution in [2.75, 3.05) is 6.61 Å². The molecule has 0 amide bonds. The molecule has 1 aromatic rings. The van der Waals surface area contributed by atoms with Crippen LogP contribution in [0.25, 0.3) is 0 Å². The summed E-state index contributed by atoms with van der Waals surface area (Å²) in [6.07, 6.45) is 4.25. The maximum atomic E-state index is 12.1. The SMILES string of the molecule is C[C@@H](N[S@](=O)C(C)(C)C)c1ccc(OCC2(C)CC2)cn1. The van der Waals surface area contributed by atoms with Gasteiger partial charge in [0.1, 0.15) is 5.75 Å². The van der Waals surface area contributed by atoms with Gasteiger partial charge in [-0.05, 0) is 52.7 Å². The van der Waals surface area contributed by atoms with E-state index in [1.54, 1.807) is 6.20 Å². The Kier molecular flexibility index (Phi) is 4.73. The molecule has 1 aliphatic rings. The van der Waals surface area contributed by atoms with E-state index in [0.29, 0.717) is 5.41 Å². The van der Waals surface area contributed by atoms with Crippen LogP contribution >= 0.6 is 0 Å². The average molecular weight is 310 g/mol. The van der Waals surface area contributed by atoms with Crippen LogP contribution in [0.15, 0.2) is 18.3 Å². The van der Waals surface area contributed by atoms with E-state index in [4.69, 9.17) is 4.74 Å². The van der Waals surface area contributed by atoms with E-state index in [1.807, 2.05) is 39.8 Å². The largest absolute Gasteiger partial charge is 0.491 e. The van der Waals surface area contributed by atoms with Crippen LogP contribution in [0.3, 0.4) is 0 Å². The van der Waals surface area contributed by atoms with Gasteiger partial charge in [0.15, 0.2) is 0 Å². The zero-order valence-electron chi connectivity index (χ0n) is 13.6. The lowest BCUT2D eigenvalue weighted by molar-refractivity contribution is 0.246.